The zero-order chi connectivity index (χ0) is 39.6. The minimum Gasteiger partial charge on any atom is -0.308 e. The summed E-state index contributed by atoms with van der Waals surface area (Å²) in [5.41, 5.74) is 10.7. The van der Waals surface area contributed by atoms with E-state index in [-0.39, 0.29) is 0 Å². The van der Waals surface area contributed by atoms with Crippen molar-refractivity contribution in [3.05, 3.63) is 206 Å². The first kappa shape index (κ1) is 34.3. The second-order valence-corrected chi connectivity index (χ2v) is 16.2. The Morgan fingerprint density at radius 3 is 1.75 bits per heavy atom. The lowest BCUT2D eigenvalue weighted by atomic mass is 10.0. The van der Waals surface area contributed by atoms with Crippen molar-refractivity contribution in [1.82, 2.24) is 19.5 Å². The second kappa shape index (κ2) is 14.0. The molecule has 12 aromatic rings. The van der Waals surface area contributed by atoms with Gasteiger partial charge in [0.25, 0.3) is 0 Å². The summed E-state index contributed by atoms with van der Waals surface area (Å²) in [4.78, 5) is 15.7. The zero-order valence-corrected chi connectivity index (χ0v) is 33.1. The molecule has 0 radical (unpaired) electrons. The molecule has 0 fully saturated rings. The average molecular weight is 783 g/mol. The van der Waals surface area contributed by atoms with Gasteiger partial charge in [-0.15, -0.1) is 11.3 Å². The van der Waals surface area contributed by atoms with Crippen molar-refractivity contribution >= 4 is 64.1 Å². The number of benzene rings is 9. The number of aromatic nitrogens is 4. The molecule has 0 aliphatic carbocycles. The van der Waals surface area contributed by atoms with Crippen LogP contribution in [0.15, 0.2) is 206 Å². The summed E-state index contributed by atoms with van der Waals surface area (Å²) in [5, 5.41) is 7.46. The lowest BCUT2D eigenvalue weighted by Gasteiger charge is -2.16. The van der Waals surface area contributed by atoms with Crippen LogP contribution in [0.3, 0.4) is 0 Å². The molecule has 0 N–H and O–H groups in total. The Bertz CT molecular complexity index is 3590. The highest BCUT2D eigenvalue weighted by atomic mass is 32.1. The standard InChI is InChI=1S/C55H34N4S/c1-3-14-35(15-4-1)40-30-32-46(49(34-40)59-47-24-11-9-21-45(47)51-41-19-8-7-16-36(41)31-33-48(51)59)55-57-53(38-17-5-2-6-18-38)56-54(58-55)39-28-26-37(27-29-39)42-22-13-23-44-43-20-10-12-25-50(43)60-52(42)44/h1-34H. The molecule has 0 saturated heterocycles. The minimum absolute atomic E-state index is 0.610. The predicted molar refractivity (Wildman–Crippen MR) is 252 cm³/mol. The first-order valence-electron chi connectivity index (χ1n) is 20.2. The lowest BCUT2D eigenvalue weighted by molar-refractivity contribution is 1.06. The number of thiophene rings is 1. The molecule has 0 aliphatic rings. The molecule has 12 rings (SSSR count). The van der Waals surface area contributed by atoms with Gasteiger partial charge in [-0.1, -0.05) is 176 Å². The largest absolute Gasteiger partial charge is 0.308 e. The van der Waals surface area contributed by atoms with Crippen molar-refractivity contribution in [2.45, 2.75) is 0 Å². The van der Waals surface area contributed by atoms with Crippen LogP contribution >= 0.6 is 11.3 Å². The van der Waals surface area contributed by atoms with Crippen LogP contribution in [-0.2, 0) is 0 Å². The number of fused-ring (bicyclic) bond motifs is 8. The van der Waals surface area contributed by atoms with E-state index in [0.717, 1.165) is 50.1 Å². The van der Waals surface area contributed by atoms with E-state index >= 15 is 0 Å². The van der Waals surface area contributed by atoms with Gasteiger partial charge in [-0.05, 0) is 63.4 Å². The van der Waals surface area contributed by atoms with Crippen LogP contribution in [0.4, 0.5) is 0 Å². The highest BCUT2D eigenvalue weighted by molar-refractivity contribution is 7.26. The highest BCUT2D eigenvalue weighted by Gasteiger charge is 2.21. The summed E-state index contributed by atoms with van der Waals surface area (Å²) in [6.45, 7) is 0. The Labute approximate surface area is 350 Å². The van der Waals surface area contributed by atoms with Gasteiger partial charge in [-0.3, -0.25) is 0 Å². The molecule has 60 heavy (non-hydrogen) atoms. The van der Waals surface area contributed by atoms with Crippen molar-refractivity contribution in [2.75, 3.05) is 0 Å². The molecule has 0 aliphatic heterocycles. The molecule has 4 nitrogen and oxygen atoms in total. The molecule has 280 valence electrons. The molecular formula is C55H34N4S. The monoisotopic (exact) mass is 782 g/mol. The van der Waals surface area contributed by atoms with Gasteiger partial charge in [0, 0.05) is 47.6 Å². The SMILES string of the molecule is c1ccc(-c2ccc(-c3nc(-c4ccccc4)nc(-c4ccc(-c5cccc6c5sc5ccccc56)cc4)n3)c(-n3c4ccccc4c4c5ccccc5ccc43)c2)cc1. The molecule has 5 heteroatoms. The van der Waals surface area contributed by atoms with Crippen LogP contribution in [-0.4, -0.2) is 19.5 Å². The summed E-state index contributed by atoms with van der Waals surface area (Å²) in [6.07, 6.45) is 0. The Kier molecular flexibility index (Phi) is 8.00. The van der Waals surface area contributed by atoms with Crippen LogP contribution in [0.1, 0.15) is 0 Å². The van der Waals surface area contributed by atoms with Crippen LogP contribution in [0, 0.1) is 0 Å². The maximum absolute atomic E-state index is 5.33. The van der Waals surface area contributed by atoms with Crippen molar-refractivity contribution in [3.63, 3.8) is 0 Å². The van der Waals surface area contributed by atoms with Gasteiger partial charge in [0.05, 0.1) is 16.7 Å². The predicted octanol–water partition coefficient (Wildman–Crippen LogP) is 14.8. The maximum atomic E-state index is 5.33. The van der Waals surface area contributed by atoms with Gasteiger partial charge < -0.3 is 4.57 Å². The van der Waals surface area contributed by atoms with E-state index in [2.05, 4.69) is 193 Å². The topological polar surface area (TPSA) is 43.6 Å². The first-order chi connectivity index (χ1) is 29.7. The Balaban J connectivity index is 1.07. The fraction of sp³-hybridized carbons (Fsp3) is 0. The average Bonchev–Trinajstić information content (AvgIpc) is 3.88. The number of rotatable bonds is 6. The lowest BCUT2D eigenvalue weighted by Crippen LogP contribution is -2.04. The van der Waals surface area contributed by atoms with Crippen LogP contribution < -0.4 is 0 Å². The summed E-state index contributed by atoms with van der Waals surface area (Å²) in [5.74, 6) is 1.86. The Hall–Kier alpha value is -7.73. The van der Waals surface area contributed by atoms with Crippen LogP contribution in [0.2, 0.25) is 0 Å². The van der Waals surface area contributed by atoms with Crippen LogP contribution in [0.25, 0.3) is 115 Å². The Morgan fingerprint density at radius 2 is 0.950 bits per heavy atom. The first-order valence-corrected chi connectivity index (χ1v) is 21.0. The van der Waals surface area contributed by atoms with Gasteiger partial charge in [0.15, 0.2) is 17.5 Å². The van der Waals surface area contributed by atoms with Crippen molar-refractivity contribution in [1.29, 1.82) is 0 Å². The highest BCUT2D eigenvalue weighted by Crippen LogP contribution is 2.42. The molecule has 0 saturated carbocycles. The Morgan fingerprint density at radius 1 is 0.350 bits per heavy atom. The maximum Gasteiger partial charge on any atom is 0.166 e. The normalized spacial score (nSPS) is 11.7. The molecule has 0 amide bonds. The van der Waals surface area contributed by atoms with E-state index in [0.29, 0.717) is 17.5 Å². The van der Waals surface area contributed by atoms with E-state index in [9.17, 15) is 0 Å². The number of para-hydroxylation sites is 1. The van der Waals surface area contributed by atoms with Crippen molar-refractivity contribution in [3.8, 4) is 62.1 Å². The quantitative estimate of drug-likeness (QED) is 0.169. The van der Waals surface area contributed by atoms with E-state index in [4.69, 9.17) is 15.0 Å². The summed E-state index contributed by atoms with van der Waals surface area (Å²) in [7, 11) is 0. The summed E-state index contributed by atoms with van der Waals surface area (Å²) >= 11 is 1.85. The van der Waals surface area contributed by atoms with E-state index < -0.39 is 0 Å². The van der Waals surface area contributed by atoms with Crippen molar-refractivity contribution < 1.29 is 0 Å². The van der Waals surface area contributed by atoms with Crippen LogP contribution in [0.5, 0.6) is 0 Å². The summed E-state index contributed by atoms with van der Waals surface area (Å²) in [6, 6.07) is 73.3. The number of hydrogen-bond donors (Lipinski definition) is 0. The van der Waals surface area contributed by atoms with Gasteiger partial charge >= 0.3 is 0 Å². The van der Waals surface area contributed by atoms with Gasteiger partial charge in [-0.25, -0.2) is 15.0 Å². The third-order valence-corrected chi connectivity index (χ3v) is 12.9. The molecule has 0 spiro atoms. The van der Waals surface area contributed by atoms with Gasteiger partial charge in [0.2, 0.25) is 0 Å². The fourth-order valence-electron chi connectivity index (χ4n) is 8.83. The zero-order valence-electron chi connectivity index (χ0n) is 32.3. The van der Waals surface area contributed by atoms with E-state index in [1.165, 1.54) is 47.3 Å². The molecule has 3 heterocycles. The molecule has 9 aromatic carbocycles. The van der Waals surface area contributed by atoms with E-state index in [1.807, 2.05) is 29.5 Å². The molecular weight excluding hydrogens is 749 g/mol. The summed E-state index contributed by atoms with van der Waals surface area (Å²) < 4.78 is 4.99. The molecule has 0 bridgehead atoms. The number of hydrogen-bond acceptors (Lipinski definition) is 4. The minimum atomic E-state index is 0.610. The fourth-order valence-corrected chi connectivity index (χ4v) is 10.1. The van der Waals surface area contributed by atoms with Gasteiger partial charge in [0.1, 0.15) is 0 Å². The number of nitrogens with zero attached hydrogens (tertiary/aromatic N) is 4. The molecule has 0 unspecified atom stereocenters. The second-order valence-electron chi connectivity index (χ2n) is 15.2. The molecule has 3 aromatic heterocycles. The van der Waals surface area contributed by atoms with Gasteiger partial charge in [-0.2, -0.15) is 0 Å². The van der Waals surface area contributed by atoms with Crippen molar-refractivity contribution in [2.24, 2.45) is 0 Å². The molecule has 0 atom stereocenters. The third kappa shape index (κ3) is 5.63. The van der Waals surface area contributed by atoms with E-state index in [1.54, 1.807) is 0 Å². The smallest absolute Gasteiger partial charge is 0.166 e. The third-order valence-electron chi connectivity index (χ3n) is 11.7.